The monoisotopic (exact) mass is 476 g/mol. The number of nitrogens with zero attached hydrogens (tertiary/aromatic N) is 1. The highest BCUT2D eigenvalue weighted by Crippen LogP contribution is 2.44. The first-order valence-electron chi connectivity index (χ1n) is 10.8. The lowest BCUT2D eigenvalue weighted by atomic mass is 9.98. The van der Waals surface area contributed by atoms with Crippen LogP contribution in [0.4, 0.5) is 18.0 Å². The Hall–Kier alpha value is -3.56. The van der Waals surface area contributed by atoms with Crippen molar-refractivity contribution in [2.45, 2.75) is 31.0 Å². The molecule has 2 aromatic rings. The highest BCUT2D eigenvalue weighted by molar-refractivity contribution is 5.89. The molecule has 0 saturated heterocycles. The van der Waals surface area contributed by atoms with Crippen LogP contribution >= 0.6 is 0 Å². The van der Waals surface area contributed by atoms with E-state index in [1.165, 1.54) is 0 Å². The molecule has 4 rings (SSSR count). The number of carboxylic acid groups (broad SMARTS) is 1. The first-order chi connectivity index (χ1) is 16.1. The van der Waals surface area contributed by atoms with Crippen molar-refractivity contribution >= 4 is 18.0 Å². The molecule has 0 radical (unpaired) electrons. The standard InChI is InChI=1S/C24H23F3N2O5/c25-24(26,27)21(22(32)29(12-20(30)31)11-14-9-10-14)28-23(33)34-13-19-17-7-3-1-5-15(17)16-6-2-4-8-18(16)19/h1-8,14,19,21H,9-13H2,(H,28,33)(H,30,31). The van der Waals surface area contributed by atoms with Gasteiger partial charge in [0.15, 0.2) is 0 Å². The number of fused-ring (bicyclic) bond motifs is 3. The van der Waals surface area contributed by atoms with Gasteiger partial charge < -0.3 is 20.1 Å². The molecule has 10 heteroatoms. The summed E-state index contributed by atoms with van der Waals surface area (Å²) >= 11 is 0. The van der Waals surface area contributed by atoms with Crippen LogP contribution in [0.25, 0.3) is 11.1 Å². The average molecular weight is 476 g/mol. The zero-order valence-electron chi connectivity index (χ0n) is 18.0. The molecule has 2 amide bonds. The van der Waals surface area contributed by atoms with E-state index in [2.05, 4.69) is 0 Å². The number of nitrogens with one attached hydrogen (secondary N) is 1. The molecule has 1 unspecified atom stereocenters. The van der Waals surface area contributed by atoms with Gasteiger partial charge in [0.05, 0.1) is 0 Å². The van der Waals surface area contributed by atoms with Crippen molar-refractivity contribution in [1.29, 1.82) is 0 Å². The largest absolute Gasteiger partial charge is 0.480 e. The lowest BCUT2D eigenvalue weighted by Crippen LogP contribution is -2.57. The van der Waals surface area contributed by atoms with Gasteiger partial charge in [-0.1, -0.05) is 48.5 Å². The fourth-order valence-electron chi connectivity index (χ4n) is 4.23. The molecule has 1 fully saturated rings. The summed E-state index contributed by atoms with van der Waals surface area (Å²) in [6.45, 7) is -1.21. The zero-order chi connectivity index (χ0) is 24.5. The van der Waals surface area contributed by atoms with E-state index < -0.39 is 36.7 Å². The maximum Gasteiger partial charge on any atom is 0.417 e. The van der Waals surface area contributed by atoms with Crippen LogP contribution in [-0.4, -0.2) is 59.9 Å². The van der Waals surface area contributed by atoms with Gasteiger partial charge in [-0.05, 0) is 41.0 Å². The van der Waals surface area contributed by atoms with Crippen molar-refractivity contribution in [1.82, 2.24) is 10.2 Å². The number of alkyl carbamates (subject to hydrolysis) is 1. The Morgan fingerprint density at radius 1 is 1.03 bits per heavy atom. The summed E-state index contributed by atoms with van der Waals surface area (Å²) in [6.07, 6.45) is -5.11. The molecule has 0 aromatic heterocycles. The van der Waals surface area contributed by atoms with Crippen molar-refractivity contribution in [3.05, 3.63) is 59.7 Å². The molecule has 1 saturated carbocycles. The summed E-state index contributed by atoms with van der Waals surface area (Å²) in [5.41, 5.74) is 3.69. The number of alkyl halides is 3. The number of halogens is 3. The molecule has 2 aliphatic carbocycles. The molecule has 2 N–H and O–H groups in total. The Kier molecular flexibility index (Phi) is 6.49. The van der Waals surface area contributed by atoms with Crippen molar-refractivity contribution in [2.75, 3.05) is 19.7 Å². The average Bonchev–Trinajstić information content (AvgIpc) is 3.54. The molecule has 180 valence electrons. The normalized spacial score (nSPS) is 15.7. The molecule has 0 spiro atoms. The van der Waals surface area contributed by atoms with Gasteiger partial charge in [-0.15, -0.1) is 0 Å². The third-order valence-electron chi connectivity index (χ3n) is 5.99. The first-order valence-corrected chi connectivity index (χ1v) is 10.8. The lowest BCUT2D eigenvalue weighted by molar-refractivity contribution is -0.176. The van der Waals surface area contributed by atoms with E-state index in [4.69, 9.17) is 9.84 Å². The Balaban J connectivity index is 1.46. The fourth-order valence-corrected chi connectivity index (χ4v) is 4.23. The second kappa shape index (κ2) is 9.36. The number of amides is 2. The minimum Gasteiger partial charge on any atom is -0.480 e. The van der Waals surface area contributed by atoms with Gasteiger partial charge in [0.25, 0.3) is 5.91 Å². The molecule has 2 aromatic carbocycles. The van der Waals surface area contributed by atoms with Crippen molar-refractivity contribution < 1.29 is 37.4 Å². The van der Waals surface area contributed by atoms with Crippen LogP contribution in [0, 0.1) is 5.92 Å². The summed E-state index contributed by atoms with van der Waals surface area (Å²) in [6, 6.07) is 12.1. The number of carboxylic acids is 1. The first kappa shape index (κ1) is 23.6. The number of carbonyl (C=O) groups excluding carboxylic acids is 2. The van der Waals surface area contributed by atoms with Crippen LogP contribution in [0.3, 0.4) is 0 Å². The van der Waals surface area contributed by atoms with E-state index in [0.29, 0.717) is 17.7 Å². The van der Waals surface area contributed by atoms with E-state index in [9.17, 15) is 27.6 Å². The zero-order valence-corrected chi connectivity index (χ0v) is 18.0. The number of aliphatic carboxylic acids is 1. The van der Waals surface area contributed by atoms with E-state index in [1.54, 1.807) is 5.32 Å². The number of rotatable bonds is 8. The second-order valence-corrected chi connectivity index (χ2v) is 8.50. The van der Waals surface area contributed by atoms with Gasteiger partial charge in [0.1, 0.15) is 13.2 Å². The van der Waals surface area contributed by atoms with Crippen LogP contribution in [0.1, 0.15) is 29.9 Å². The van der Waals surface area contributed by atoms with Crippen molar-refractivity contribution in [3.8, 4) is 11.1 Å². The van der Waals surface area contributed by atoms with Gasteiger partial charge in [0, 0.05) is 12.5 Å². The third-order valence-corrected chi connectivity index (χ3v) is 5.99. The van der Waals surface area contributed by atoms with E-state index in [-0.39, 0.29) is 25.0 Å². The predicted molar refractivity (Wildman–Crippen MR) is 115 cm³/mol. The van der Waals surface area contributed by atoms with E-state index in [1.807, 2.05) is 48.5 Å². The molecule has 7 nitrogen and oxygen atoms in total. The maximum atomic E-state index is 13.7. The molecule has 1 atom stereocenters. The van der Waals surface area contributed by atoms with E-state index in [0.717, 1.165) is 22.3 Å². The van der Waals surface area contributed by atoms with Gasteiger partial charge >= 0.3 is 18.2 Å². The minimum atomic E-state index is -5.12. The van der Waals surface area contributed by atoms with Gasteiger partial charge in [-0.25, -0.2) is 4.79 Å². The topological polar surface area (TPSA) is 95.9 Å². The van der Waals surface area contributed by atoms with Crippen LogP contribution in [-0.2, 0) is 14.3 Å². The summed E-state index contributed by atoms with van der Waals surface area (Å²) in [5.74, 6) is -3.35. The number of ether oxygens (including phenoxy) is 1. The van der Waals surface area contributed by atoms with Gasteiger partial charge in [-0.3, -0.25) is 9.59 Å². The Morgan fingerprint density at radius 2 is 1.59 bits per heavy atom. The smallest absolute Gasteiger partial charge is 0.417 e. The molecule has 0 aliphatic heterocycles. The number of hydrogen-bond acceptors (Lipinski definition) is 4. The van der Waals surface area contributed by atoms with E-state index >= 15 is 0 Å². The molecular weight excluding hydrogens is 453 g/mol. The summed E-state index contributed by atoms with van der Waals surface area (Å²) in [7, 11) is 0. The van der Waals surface area contributed by atoms with Crippen molar-refractivity contribution in [2.24, 2.45) is 5.92 Å². The predicted octanol–water partition coefficient (Wildman–Crippen LogP) is 3.78. The molecule has 34 heavy (non-hydrogen) atoms. The summed E-state index contributed by atoms with van der Waals surface area (Å²) < 4.78 is 46.1. The second-order valence-electron chi connectivity index (χ2n) is 8.50. The van der Waals surface area contributed by atoms with Gasteiger partial charge in [0.2, 0.25) is 6.04 Å². The highest BCUT2D eigenvalue weighted by atomic mass is 19.4. The van der Waals surface area contributed by atoms with Crippen LogP contribution in [0.2, 0.25) is 0 Å². The van der Waals surface area contributed by atoms with Crippen molar-refractivity contribution in [3.63, 3.8) is 0 Å². The van der Waals surface area contributed by atoms with Gasteiger partial charge in [-0.2, -0.15) is 13.2 Å². The summed E-state index contributed by atoms with van der Waals surface area (Å²) in [4.78, 5) is 36.6. The molecule has 0 bridgehead atoms. The number of carbonyl (C=O) groups is 3. The SMILES string of the molecule is O=C(O)CN(CC1CC1)C(=O)C(NC(=O)OCC1c2ccccc2-c2ccccc21)C(F)(F)F. The number of hydrogen-bond donors (Lipinski definition) is 2. The minimum absolute atomic E-state index is 0.0355. The Morgan fingerprint density at radius 3 is 2.09 bits per heavy atom. The van der Waals surface area contributed by atoms with Crippen LogP contribution in [0.5, 0.6) is 0 Å². The molecule has 0 heterocycles. The fraction of sp³-hybridized carbons (Fsp3) is 0.375. The third kappa shape index (κ3) is 5.16. The maximum absolute atomic E-state index is 13.7. The summed E-state index contributed by atoms with van der Waals surface area (Å²) in [5, 5.41) is 10.6. The van der Waals surface area contributed by atoms with Crippen LogP contribution < -0.4 is 5.32 Å². The Bertz CT molecular complexity index is 1050. The quantitative estimate of drug-likeness (QED) is 0.605. The number of benzene rings is 2. The van der Waals surface area contributed by atoms with Crippen LogP contribution in [0.15, 0.2) is 48.5 Å². The highest BCUT2D eigenvalue weighted by Gasteiger charge is 2.49. The molecular formula is C24H23F3N2O5. The lowest BCUT2D eigenvalue weighted by Gasteiger charge is -2.28. The molecule has 2 aliphatic rings. The Labute approximate surface area is 193 Å².